The molecule has 0 radical (unpaired) electrons. The lowest BCUT2D eigenvalue weighted by Crippen LogP contribution is -2.33. The Bertz CT molecular complexity index is 801. The molecular formula is C37H66O7. The van der Waals surface area contributed by atoms with Gasteiger partial charge in [-0.3, -0.25) is 0 Å². The molecule has 3 heterocycles. The smallest absolute Gasteiger partial charge is 0.334 e. The summed E-state index contributed by atoms with van der Waals surface area (Å²) >= 11 is 0. The Balaban J connectivity index is 1.15. The molecule has 0 bridgehead atoms. The molecule has 7 heteroatoms. The maximum atomic E-state index is 11.7. The lowest BCUT2D eigenvalue weighted by atomic mass is 9.98. The first kappa shape index (κ1) is 37.5. The zero-order chi connectivity index (χ0) is 31.6. The highest BCUT2D eigenvalue weighted by Gasteiger charge is 2.36. The van der Waals surface area contributed by atoms with Gasteiger partial charge in [-0.05, 0) is 77.2 Å². The summed E-state index contributed by atoms with van der Waals surface area (Å²) in [6.07, 6.45) is 25.4. The van der Waals surface area contributed by atoms with Crippen molar-refractivity contribution in [2.45, 2.75) is 217 Å². The highest BCUT2D eigenvalue weighted by atomic mass is 16.5. The van der Waals surface area contributed by atoms with Crippen LogP contribution in [0.25, 0.3) is 0 Å². The van der Waals surface area contributed by atoms with E-state index in [-0.39, 0.29) is 36.5 Å². The van der Waals surface area contributed by atoms with Crippen LogP contribution in [0.15, 0.2) is 11.6 Å². The third kappa shape index (κ3) is 14.2. The molecule has 256 valence electrons. The lowest BCUT2D eigenvalue weighted by Gasteiger charge is -2.24. The molecule has 0 spiro atoms. The maximum absolute atomic E-state index is 11.7. The molecule has 3 aliphatic rings. The molecule has 3 N–H and O–H groups in total. The molecule has 3 aliphatic heterocycles. The molecule has 7 nitrogen and oxygen atoms in total. The van der Waals surface area contributed by atoms with E-state index in [1.54, 1.807) is 0 Å². The maximum Gasteiger partial charge on any atom is 0.334 e. The van der Waals surface area contributed by atoms with Crippen molar-refractivity contribution in [1.82, 2.24) is 0 Å². The number of rotatable bonds is 25. The molecule has 0 aromatic carbocycles. The Kier molecular flexibility index (Phi) is 18.5. The first-order valence-corrected chi connectivity index (χ1v) is 18.6. The summed E-state index contributed by atoms with van der Waals surface area (Å²) in [6, 6.07) is 0. The molecule has 0 amide bonds. The van der Waals surface area contributed by atoms with E-state index in [2.05, 4.69) is 6.92 Å². The van der Waals surface area contributed by atoms with Gasteiger partial charge in [-0.1, -0.05) is 96.8 Å². The Morgan fingerprint density at radius 3 is 1.75 bits per heavy atom. The first-order valence-electron chi connectivity index (χ1n) is 18.6. The number of cyclic esters (lactones) is 1. The van der Waals surface area contributed by atoms with Crippen LogP contribution in [0.5, 0.6) is 0 Å². The lowest BCUT2D eigenvalue weighted by molar-refractivity contribution is -0.139. The number of unbranched alkanes of at least 4 members (excludes halogenated alkanes) is 13. The monoisotopic (exact) mass is 622 g/mol. The second-order valence-electron chi connectivity index (χ2n) is 14.0. The third-order valence-electron chi connectivity index (χ3n) is 10.1. The number of hydrogen-bond donors (Lipinski definition) is 3. The van der Waals surface area contributed by atoms with Crippen LogP contribution in [0.2, 0.25) is 0 Å². The zero-order valence-corrected chi connectivity index (χ0v) is 28.1. The number of esters is 1. The topological polar surface area (TPSA) is 105 Å². The molecule has 1 unspecified atom stereocenters. The third-order valence-corrected chi connectivity index (χ3v) is 10.1. The summed E-state index contributed by atoms with van der Waals surface area (Å²) in [6.45, 7) is 4.15. The van der Waals surface area contributed by atoms with Gasteiger partial charge in [-0.15, -0.1) is 0 Å². The number of aliphatic hydroxyl groups is 3. The summed E-state index contributed by atoms with van der Waals surface area (Å²) in [5.74, 6) is -0.133. The fraction of sp³-hybridized carbons (Fsp3) is 0.919. The van der Waals surface area contributed by atoms with Crippen LogP contribution in [0, 0.1) is 0 Å². The minimum atomic E-state index is -0.609. The van der Waals surface area contributed by atoms with Crippen molar-refractivity contribution < 1.29 is 34.3 Å². The average Bonchev–Trinajstić information content (AvgIpc) is 3.76. The number of carbonyl (C=O) groups is 1. The van der Waals surface area contributed by atoms with Gasteiger partial charge in [0.1, 0.15) is 6.10 Å². The van der Waals surface area contributed by atoms with Gasteiger partial charge in [0, 0.05) is 5.57 Å². The van der Waals surface area contributed by atoms with Crippen molar-refractivity contribution >= 4 is 5.97 Å². The standard InChI is InChI=1S/C37H66O7/c1-3-4-5-6-7-11-14-17-20-31(38)35-25-26-36(44-35)33(40)23-22-32(39)34-24-21-30(43-34)19-16-13-10-8-9-12-15-18-29-27-28(2)42-37(29)41/h27-28,30-36,38-40H,3-26H2,1-2H3/t28?,30-,31-,32-,33+,34-,35+,36+/m0/s1. The van der Waals surface area contributed by atoms with Crippen molar-refractivity contribution in [3.63, 3.8) is 0 Å². The van der Waals surface area contributed by atoms with Crippen LogP contribution in [0.1, 0.15) is 168 Å². The van der Waals surface area contributed by atoms with E-state index in [1.807, 2.05) is 13.0 Å². The minimum Gasteiger partial charge on any atom is -0.455 e. The van der Waals surface area contributed by atoms with Gasteiger partial charge in [-0.25, -0.2) is 4.79 Å². The summed E-state index contributed by atoms with van der Waals surface area (Å²) in [5.41, 5.74) is 0.852. The summed E-state index contributed by atoms with van der Waals surface area (Å²) in [5, 5.41) is 32.1. The number of aliphatic hydroxyl groups excluding tert-OH is 3. The average molecular weight is 623 g/mol. The quantitative estimate of drug-likeness (QED) is 0.0703. The molecule has 2 saturated heterocycles. The van der Waals surface area contributed by atoms with Crippen molar-refractivity contribution in [1.29, 1.82) is 0 Å². The van der Waals surface area contributed by atoms with Gasteiger partial charge in [-0.2, -0.15) is 0 Å². The molecule has 3 rings (SSSR count). The van der Waals surface area contributed by atoms with Gasteiger partial charge in [0.05, 0.1) is 42.7 Å². The predicted molar refractivity (Wildman–Crippen MR) is 175 cm³/mol. The van der Waals surface area contributed by atoms with Gasteiger partial charge in [0.25, 0.3) is 0 Å². The van der Waals surface area contributed by atoms with Crippen LogP contribution in [0.4, 0.5) is 0 Å². The van der Waals surface area contributed by atoms with Gasteiger partial charge in [0.15, 0.2) is 0 Å². The van der Waals surface area contributed by atoms with Gasteiger partial charge in [0.2, 0.25) is 0 Å². The SMILES string of the molecule is CCCCCCCCCC[C@H](O)[C@H]1CC[C@H]([C@H](O)CC[C@H](O)[C@@H]2CC[C@H](CCCCCCCCCC3=CC(C)OC3=O)O2)O1. The van der Waals surface area contributed by atoms with E-state index in [1.165, 1.54) is 70.6 Å². The summed E-state index contributed by atoms with van der Waals surface area (Å²) < 4.78 is 17.4. The van der Waals surface area contributed by atoms with Crippen LogP contribution in [0.3, 0.4) is 0 Å². The van der Waals surface area contributed by atoms with Crippen molar-refractivity contribution in [3.8, 4) is 0 Å². The first-order chi connectivity index (χ1) is 21.4. The van der Waals surface area contributed by atoms with E-state index in [4.69, 9.17) is 14.2 Å². The molecule has 0 aromatic heterocycles. The van der Waals surface area contributed by atoms with Crippen LogP contribution in [-0.2, 0) is 19.0 Å². The van der Waals surface area contributed by atoms with Gasteiger partial charge >= 0.3 is 5.97 Å². The van der Waals surface area contributed by atoms with Crippen LogP contribution >= 0.6 is 0 Å². The molecule has 8 atom stereocenters. The fourth-order valence-corrected chi connectivity index (χ4v) is 7.26. The zero-order valence-electron chi connectivity index (χ0n) is 28.1. The van der Waals surface area contributed by atoms with E-state index in [0.717, 1.165) is 76.2 Å². The summed E-state index contributed by atoms with van der Waals surface area (Å²) in [7, 11) is 0. The second-order valence-corrected chi connectivity index (χ2v) is 14.0. The molecule has 0 aliphatic carbocycles. The number of hydrogen-bond acceptors (Lipinski definition) is 7. The fourth-order valence-electron chi connectivity index (χ4n) is 7.26. The highest BCUT2D eigenvalue weighted by Crippen LogP contribution is 2.31. The number of ether oxygens (including phenoxy) is 3. The van der Waals surface area contributed by atoms with E-state index < -0.39 is 18.3 Å². The Morgan fingerprint density at radius 1 is 0.659 bits per heavy atom. The number of carbonyl (C=O) groups excluding carboxylic acids is 1. The van der Waals surface area contributed by atoms with Crippen molar-refractivity contribution in [2.75, 3.05) is 0 Å². The van der Waals surface area contributed by atoms with Gasteiger partial charge < -0.3 is 29.5 Å². The molecule has 44 heavy (non-hydrogen) atoms. The Hall–Kier alpha value is -0.990. The second kappa shape index (κ2) is 21.7. The normalized spacial score (nSPS) is 27.4. The Morgan fingerprint density at radius 2 is 1.16 bits per heavy atom. The highest BCUT2D eigenvalue weighted by molar-refractivity contribution is 5.90. The molecule has 2 fully saturated rings. The van der Waals surface area contributed by atoms with Crippen molar-refractivity contribution in [3.05, 3.63) is 11.6 Å². The van der Waals surface area contributed by atoms with E-state index in [0.29, 0.717) is 12.8 Å². The van der Waals surface area contributed by atoms with Crippen LogP contribution < -0.4 is 0 Å². The largest absolute Gasteiger partial charge is 0.455 e. The van der Waals surface area contributed by atoms with E-state index in [9.17, 15) is 20.1 Å². The minimum absolute atomic E-state index is 0.0617. The molecule has 0 saturated carbocycles. The predicted octanol–water partition coefficient (Wildman–Crippen LogP) is 7.86. The summed E-state index contributed by atoms with van der Waals surface area (Å²) in [4.78, 5) is 11.7. The van der Waals surface area contributed by atoms with E-state index >= 15 is 0 Å². The van der Waals surface area contributed by atoms with Crippen molar-refractivity contribution in [2.24, 2.45) is 0 Å². The molecular weight excluding hydrogens is 556 g/mol. The molecule has 0 aromatic rings. The Labute approximate surface area is 268 Å². The van der Waals surface area contributed by atoms with Crippen LogP contribution in [-0.4, -0.2) is 70.1 Å².